The van der Waals surface area contributed by atoms with Gasteiger partial charge >= 0.3 is 6.09 Å². The van der Waals surface area contributed by atoms with Gasteiger partial charge in [0.2, 0.25) is 5.91 Å². The number of benzene rings is 2. The van der Waals surface area contributed by atoms with E-state index in [4.69, 9.17) is 27.9 Å². The number of hydrogen-bond donors (Lipinski definition) is 0. The Kier molecular flexibility index (Phi) is 7.72. The predicted molar refractivity (Wildman–Crippen MR) is 133 cm³/mol. The molecule has 35 heavy (non-hydrogen) atoms. The van der Waals surface area contributed by atoms with Crippen molar-refractivity contribution in [2.75, 3.05) is 6.61 Å². The van der Waals surface area contributed by atoms with Crippen molar-refractivity contribution >= 4 is 47.1 Å². The summed E-state index contributed by atoms with van der Waals surface area (Å²) in [5.41, 5.74) is 0.110. The number of halogens is 3. The van der Waals surface area contributed by atoms with Gasteiger partial charge in [0, 0.05) is 18.8 Å². The highest BCUT2D eigenvalue weighted by molar-refractivity contribution is 6.34. The SMILES string of the molecule is O=CC[C@H](C[C@@]1(F)C(Cl)=CC(c2ccccc2)=C[C@H]1Cl)C(=O)N1C(=O)OC[C@H]1Cc1ccccc1. The van der Waals surface area contributed by atoms with Crippen LogP contribution in [0.3, 0.4) is 0 Å². The van der Waals surface area contributed by atoms with Gasteiger partial charge in [-0.15, -0.1) is 11.6 Å². The predicted octanol–water partition coefficient (Wildman–Crippen LogP) is 5.71. The molecule has 0 bridgehead atoms. The summed E-state index contributed by atoms with van der Waals surface area (Å²) in [6.45, 7) is 0.0238. The normalized spacial score (nSPS) is 24.9. The minimum absolute atomic E-state index is 0.0238. The van der Waals surface area contributed by atoms with Gasteiger partial charge in [0.25, 0.3) is 0 Å². The van der Waals surface area contributed by atoms with Crippen molar-refractivity contribution in [3.05, 3.63) is 89.0 Å². The third kappa shape index (κ3) is 5.34. The fourth-order valence-electron chi connectivity index (χ4n) is 4.46. The lowest BCUT2D eigenvalue weighted by atomic mass is 9.82. The highest BCUT2D eigenvalue weighted by atomic mass is 35.5. The van der Waals surface area contributed by atoms with Gasteiger partial charge in [-0.3, -0.25) is 4.79 Å². The van der Waals surface area contributed by atoms with E-state index in [-0.39, 0.29) is 18.1 Å². The van der Waals surface area contributed by atoms with Gasteiger partial charge in [0.1, 0.15) is 12.9 Å². The molecule has 1 aliphatic heterocycles. The van der Waals surface area contributed by atoms with Crippen LogP contribution in [0.2, 0.25) is 0 Å². The zero-order valence-corrected chi connectivity index (χ0v) is 20.3. The molecule has 2 amide bonds. The topological polar surface area (TPSA) is 63.7 Å². The van der Waals surface area contributed by atoms with E-state index < -0.39 is 41.4 Å². The summed E-state index contributed by atoms with van der Waals surface area (Å²) in [5.74, 6) is -1.82. The number of alkyl halides is 2. The van der Waals surface area contributed by atoms with Gasteiger partial charge in [-0.1, -0.05) is 78.3 Å². The molecule has 0 saturated carbocycles. The Bertz CT molecular complexity index is 1150. The molecule has 2 aliphatic rings. The van der Waals surface area contributed by atoms with Crippen molar-refractivity contribution in [2.24, 2.45) is 5.92 Å². The van der Waals surface area contributed by atoms with Gasteiger partial charge < -0.3 is 9.53 Å². The van der Waals surface area contributed by atoms with E-state index in [9.17, 15) is 14.4 Å². The van der Waals surface area contributed by atoms with Crippen molar-refractivity contribution < 1.29 is 23.5 Å². The average molecular weight is 516 g/mol. The monoisotopic (exact) mass is 515 g/mol. The summed E-state index contributed by atoms with van der Waals surface area (Å²) in [6, 6.07) is 18.0. The fraction of sp³-hybridized carbons (Fsp3) is 0.296. The third-order valence-corrected chi connectivity index (χ3v) is 7.23. The van der Waals surface area contributed by atoms with Crippen molar-refractivity contribution in [2.45, 2.75) is 36.4 Å². The number of carbonyl (C=O) groups is 3. The molecule has 4 rings (SSSR count). The van der Waals surface area contributed by atoms with Crippen LogP contribution in [-0.4, -0.2) is 46.9 Å². The molecule has 2 aromatic rings. The second-order valence-corrected chi connectivity index (χ2v) is 9.55. The summed E-state index contributed by atoms with van der Waals surface area (Å²) in [4.78, 5) is 38.3. The van der Waals surface area contributed by atoms with Crippen LogP contribution in [0.1, 0.15) is 24.0 Å². The number of hydrogen-bond acceptors (Lipinski definition) is 4. The Labute approximate surface area is 213 Å². The number of amides is 2. The minimum Gasteiger partial charge on any atom is -0.447 e. The van der Waals surface area contributed by atoms with E-state index in [1.807, 2.05) is 60.7 Å². The summed E-state index contributed by atoms with van der Waals surface area (Å²) in [6.07, 6.45) is 2.42. The molecule has 1 heterocycles. The highest BCUT2D eigenvalue weighted by Crippen LogP contribution is 2.45. The minimum atomic E-state index is -2.29. The smallest absolute Gasteiger partial charge is 0.416 e. The zero-order chi connectivity index (χ0) is 25.0. The maximum absolute atomic E-state index is 16.2. The first-order valence-corrected chi connectivity index (χ1v) is 12.1. The summed E-state index contributed by atoms with van der Waals surface area (Å²) >= 11 is 12.8. The first kappa shape index (κ1) is 25.1. The summed E-state index contributed by atoms with van der Waals surface area (Å²) < 4.78 is 21.4. The number of ether oxygens (including phenoxy) is 1. The van der Waals surface area contributed by atoms with Gasteiger partial charge in [0.15, 0.2) is 5.67 Å². The Balaban J connectivity index is 1.56. The Morgan fingerprint density at radius 1 is 1.17 bits per heavy atom. The van der Waals surface area contributed by atoms with Crippen molar-refractivity contribution in [1.82, 2.24) is 4.90 Å². The maximum Gasteiger partial charge on any atom is 0.416 e. The average Bonchev–Trinajstić information content (AvgIpc) is 3.22. The van der Waals surface area contributed by atoms with E-state index in [2.05, 4.69) is 0 Å². The second kappa shape index (κ2) is 10.8. The Hall–Kier alpha value is -2.96. The molecular weight excluding hydrogens is 492 g/mol. The molecule has 0 radical (unpaired) electrons. The van der Waals surface area contributed by atoms with Crippen molar-refractivity contribution in [3.8, 4) is 0 Å². The lowest BCUT2D eigenvalue weighted by Crippen LogP contribution is -2.47. The molecule has 182 valence electrons. The van der Waals surface area contributed by atoms with Gasteiger partial charge in [-0.25, -0.2) is 14.1 Å². The van der Waals surface area contributed by atoms with E-state index >= 15 is 4.39 Å². The van der Waals surface area contributed by atoms with Gasteiger partial charge in [-0.05, 0) is 29.2 Å². The van der Waals surface area contributed by atoms with Crippen LogP contribution in [-0.2, 0) is 20.7 Å². The molecule has 5 nitrogen and oxygen atoms in total. The summed E-state index contributed by atoms with van der Waals surface area (Å²) in [7, 11) is 0. The number of rotatable bonds is 8. The molecule has 0 unspecified atom stereocenters. The molecule has 1 fully saturated rings. The molecule has 4 atom stereocenters. The quantitative estimate of drug-likeness (QED) is 0.333. The maximum atomic E-state index is 16.2. The van der Waals surface area contributed by atoms with E-state index in [0.29, 0.717) is 18.3 Å². The molecule has 0 N–H and O–H groups in total. The second-order valence-electron chi connectivity index (χ2n) is 8.68. The van der Waals surface area contributed by atoms with Gasteiger partial charge in [0.05, 0.1) is 16.5 Å². The molecule has 0 spiro atoms. The Morgan fingerprint density at radius 3 is 2.46 bits per heavy atom. The number of allylic oxidation sites excluding steroid dienone is 4. The molecule has 0 aromatic heterocycles. The first-order chi connectivity index (χ1) is 16.8. The third-order valence-electron chi connectivity index (χ3n) is 6.34. The number of nitrogens with zero attached hydrogens (tertiary/aromatic N) is 1. The van der Waals surface area contributed by atoms with Gasteiger partial charge in [-0.2, -0.15) is 0 Å². The van der Waals surface area contributed by atoms with Crippen LogP contribution in [0.5, 0.6) is 0 Å². The van der Waals surface area contributed by atoms with Crippen LogP contribution in [0.15, 0.2) is 77.8 Å². The van der Waals surface area contributed by atoms with Crippen LogP contribution in [0.25, 0.3) is 5.57 Å². The number of cyclic esters (lactones) is 1. The van der Waals surface area contributed by atoms with Crippen molar-refractivity contribution in [3.63, 3.8) is 0 Å². The van der Waals surface area contributed by atoms with Crippen LogP contribution in [0, 0.1) is 5.92 Å². The summed E-state index contributed by atoms with van der Waals surface area (Å²) in [5, 5.41) is -1.34. The Morgan fingerprint density at radius 2 is 1.83 bits per heavy atom. The molecule has 2 aromatic carbocycles. The lowest BCUT2D eigenvalue weighted by Gasteiger charge is -2.35. The molecule has 8 heteroatoms. The zero-order valence-electron chi connectivity index (χ0n) is 18.8. The number of carbonyl (C=O) groups excluding carboxylic acids is 3. The first-order valence-electron chi connectivity index (χ1n) is 11.3. The molecule has 1 aliphatic carbocycles. The van der Waals surface area contributed by atoms with E-state index in [1.165, 1.54) is 6.08 Å². The number of imide groups is 1. The lowest BCUT2D eigenvalue weighted by molar-refractivity contribution is -0.136. The fourth-order valence-corrected chi connectivity index (χ4v) is 5.17. The number of aldehydes is 1. The standard InChI is InChI=1S/C27H24Cl2FNO4/c28-23-14-21(19-9-5-2-6-10-19)15-24(29)27(23,30)16-20(11-12-32)25(33)31-22(17-35-26(31)34)13-18-7-3-1-4-8-18/h1-10,12,14-15,20,22-23H,11,13,16-17H2/t20-,22-,23-,27+/m1/s1. The van der Waals surface area contributed by atoms with E-state index in [0.717, 1.165) is 16.0 Å². The van der Waals surface area contributed by atoms with Crippen LogP contribution in [0.4, 0.5) is 9.18 Å². The largest absolute Gasteiger partial charge is 0.447 e. The van der Waals surface area contributed by atoms with Crippen molar-refractivity contribution in [1.29, 1.82) is 0 Å². The molecule has 1 saturated heterocycles. The molecular formula is C27H24Cl2FNO4. The highest BCUT2D eigenvalue weighted by Gasteiger charge is 2.48. The van der Waals surface area contributed by atoms with Crippen LogP contribution < -0.4 is 0 Å². The van der Waals surface area contributed by atoms with Crippen LogP contribution >= 0.6 is 23.2 Å². The van der Waals surface area contributed by atoms with E-state index in [1.54, 1.807) is 6.08 Å².